The molecule has 1 unspecified atom stereocenters. The average molecular weight is 158 g/mol. The van der Waals surface area contributed by atoms with Gasteiger partial charge in [-0.1, -0.05) is 6.92 Å². The molecule has 2 heterocycles. The molecule has 0 aromatic carbocycles. The molecule has 3 nitrogen and oxygen atoms in total. The van der Waals surface area contributed by atoms with E-state index in [1.54, 1.807) is 0 Å². The third kappa shape index (κ3) is 0.785. The maximum Gasteiger partial charge on any atom is 0.315 e. The molecular weight excluding hydrogens is 148 g/mol. The summed E-state index contributed by atoms with van der Waals surface area (Å²) in [6.07, 6.45) is 0. The molecule has 0 radical (unpaired) electrons. The van der Waals surface area contributed by atoms with Crippen LogP contribution in [0.25, 0.3) is 0 Å². The second-order valence-electron chi connectivity index (χ2n) is 2.79. The van der Waals surface area contributed by atoms with Crippen molar-refractivity contribution in [3.8, 4) is 0 Å². The molecule has 2 amide bonds. The molecule has 4 heteroatoms. The molecule has 0 spiro atoms. The number of carbonyl (C=O) groups is 1. The van der Waals surface area contributed by atoms with Gasteiger partial charge in [-0.3, -0.25) is 0 Å². The zero-order valence-electron chi connectivity index (χ0n) is 5.76. The van der Waals surface area contributed by atoms with Crippen LogP contribution in [0.2, 0.25) is 0 Å². The van der Waals surface area contributed by atoms with Gasteiger partial charge in [-0.05, 0) is 0 Å². The van der Waals surface area contributed by atoms with Gasteiger partial charge < -0.3 is 10.6 Å². The molecule has 2 fully saturated rings. The van der Waals surface area contributed by atoms with E-state index in [0.29, 0.717) is 17.3 Å². The van der Waals surface area contributed by atoms with Gasteiger partial charge in [0.15, 0.2) is 0 Å². The van der Waals surface area contributed by atoms with Crippen molar-refractivity contribution in [1.29, 1.82) is 0 Å². The first-order valence-electron chi connectivity index (χ1n) is 3.46. The minimum atomic E-state index is 0.00199. The van der Waals surface area contributed by atoms with E-state index in [1.807, 2.05) is 11.8 Å². The summed E-state index contributed by atoms with van der Waals surface area (Å²) in [6.45, 7) is 2.16. The van der Waals surface area contributed by atoms with E-state index in [0.717, 1.165) is 5.75 Å². The number of amides is 2. The summed E-state index contributed by atoms with van der Waals surface area (Å²) in [6, 6.07) is 0.757. The van der Waals surface area contributed by atoms with Crippen molar-refractivity contribution in [2.24, 2.45) is 0 Å². The summed E-state index contributed by atoms with van der Waals surface area (Å²) in [7, 11) is 0. The Bertz CT molecular complexity index is 173. The number of hydrogen-bond acceptors (Lipinski definition) is 2. The lowest BCUT2D eigenvalue weighted by Crippen LogP contribution is -2.35. The fourth-order valence-corrected chi connectivity index (χ4v) is 2.77. The molecule has 0 aliphatic carbocycles. The van der Waals surface area contributed by atoms with Crippen molar-refractivity contribution in [3.63, 3.8) is 0 Å². The second-order valence-corrected chi connectivity index (χ2v) is 4.20. The largest absolute Gasteiger partial charge is 0.332 e. The molecule has 2 N–H and O–H groups in total. The highest BCUT2D eigenvalue weighted by Crippen LogP contribution is 2.28. The smallest absolute Gasteiger partial charge is 0.315 e. The fourth-order valence-electron chi connectivity index (χ4n) is 1.50. The third-order valence-electron chi connectivity index (χ3n) is 2.09. The SMILES string of the molecule is C[C@@H]1SC[C@@H]2NC(=O)NC21. The standard InChI is InChI=1S/C6H10N2OS/c1-3-5-4(2-10-3)7-6(9)8-5/h3-5H,2H2,1H3,(H2,7,8,9)/t3-,4-,5?/m0/s1. The molecule has 0 aromatic rings. The number of nitrogens with one attached hydrogen (secondary N) is 2. The first-order valence-corrected chi connectivity index (χ1v) is 4.51. The highest BCUT2D eigenvalue weighted by atomic mass is 32.2. The predicted molar refractivity (Wildman–Crippen MR) is 41.2 cm³/mol. The van der Waals surface area contributed by atoms with Crippen LogP contribution in [0.1, 0.15) is 6.92 Å². The Morgan fingerprint density at radius 3 is 3.10 bits per heavy atom. The van der Waals surface area contributed by atoms with Gasteiger partial charge in [0, 0.05) is 11.0 Å². The Labute approximate surface area is 63.9 Å². The van der Waals surface area contributed by atoms with Gasteiger partial charge in [0.1, 0.15) is 0 Å². The molecule has 0 aromatic heterocycles. The predicted octanol–water partition coefficient (Wildman–Crippen LogP) is 0.172. The van der Waals surface area contributed by atoms with Crippen LogP contribution in [0.15, 0.2) is 0 Å². The van der Waals surface area contributed by atoms with E-state index in [1.165, 1.54) is 0 Å². The van der Waals surface area contributed by atoms with Crippen LogP contribution in [0.5, 0.6) is 0 Å². The van der Waals surface area contributed by atoms with Gasteiger partial charge in [-0.15, -0.1) is 0 Å². The fraction of sp³-hybridized carbons (Fsp3) is 0.833. The summed E-state index contributed by atoms with van der Waals surface area (Å²) in [4.78, 5) is 10.8. The summed E-state index contributed by atoms with van der Waals surface area (Å²) in [5, 5.41) is 6.34. The van der Waals surface area contributed by atoms with Crippen LogP contribution in [-0.2, 0) is 0 Å². The van der Waals surface area contributed by atoms with E-state index in [9.17, 15) is 4.79 Å². The molecule has 2 rings (SSSR count). The monoisotopic (exact) mass is 158 g/mol. The van der Waals surface area contributed by atoms with Crippen LogP contribution < -0.4 is 10.6 Å². The first-order chi connectivity index (χ1) is 4.77. The highest BCUT2D eigenvalue weighted by Gasteiger charge is 2.40. The summed E-state index contributed by atoms with van der Waals surface area (Å²) in [5.41, 5.74) is 0. The zero-order valence-corrected chi connectivity index (χ0v) is 6.57. The van der Waals surface area contributed by atoms with Crippen molar-refractivity contribution in [2.75, 3.05) is 5.75 Å². The van der Waals surface area contributed by atoms with Gasteiger partial charge in [0.2, 0.25) is 0 Å². The molecule has 2 aliphatic heterocycles. The maximum atomic E-state index is 10.8. The molecule has 0 bridgehead atoms. The Hall–Kier alpha value is -0.380. The average Bonchev–Trinajstić information content (AvgIpc) is 2.35. The van der Waals surface area contributed by atoms with Crippen LogP contribution >= 0.6 is 11.8 Å². The van der Waals surface area contributed by atoms with Gasteiger partial charge in [-0.2, -0.15) is 11.8 Å². The van der Waals surface area contributed by atoms with Crippen molar-refractivity contribution in [1.82, 2.24) is 10.6 Å². The van der Waals surface area contributed by atoms with Crippen LogP contribution in [0, 0.1) is 0 Å². The van der Waals surface area contributed by atoms with E-state index in [4.69, 9.17) is 0 Å². The number of hydrogen-bond donors (Lipinski definition) is 2. The van der Waals surface area contributed by atoms with Crippen LogP contribution in [0.4, 0.5) is 4.79 Å². The summed E-state index contributed by atoms with van der Waals surface area (Å²) in [5.74, 6) is 1.06. The van der Waals surface area contributed by atoms with Gasteiger partial charge in [0.25, 0.3) is 0 Å². The van der Waals surface area contributed by atoms with Crippen LogP contribution in [0.3, 0.4) is 0 Å². The molecule has 2 saturated heterocycles. The number of thioether (sulfide) groups is 1. The maximum absolute atomic E-state index is 10.8. The van der Waals surface area contributed by atoms with Gasteiger partial charge in [0.05, 0.1) is 12.1 Å². The Morgan fingerprint density at radius 2 is 2.40 bits per heavy atom. The normalized spacial score (nSPS) is 44.5. The molecule has 56 valence electrons. The topological polar surface area (TPSA) is 41.1 Å². The van der Waals surface area contributed by atoms with E-state index >= 15 is 0 Å². The minimum Gasteiger partial charge on any atom is -0.332 e. The summed E-state index contributed by atoms with van der Waals surface area (Å²) < 4.78 is 0. The third-order valence-corrected chi connectivity index (χ3v) is 3.46. The van der Waals surface area contributed by atoms with Crippen LogP contribution in [-0.4, -0.2) is 29.1 Å². The molecular formula is C6H10N2OS. The molecule has 10 heavy (non-hydrogen) atoms. The molecule has 3 atom stereocenters. The van der Waals surface area contributed by atoms with Gasteiger partial charge in [-0.25, -0.2) is 4.79 Å². The quantitative estimate of drug-likeness (QED) is 0.493. The van der Waals surface area contributed by atoms with Crippen molar-refractivity contribution >= 4 is 17.8 Å². The lowest BCUT2D eigenvalue weighted by atomic mass is 10.1. The second kappa shape index (κ2) is 2.05. The van der Waals surface area contributed by atoms with E-state index < -0.39 is 0 Å². The van der Waals surface area contributed by atoms with Gasteiger partial charge >= 0.3 is 6.03 Å². The Balaban J connectivity index is 2.12. The van der Waals surface area contributed by atoms with E-state index in [-0.39, 0.29) is 6.03 Å². The van der Waals surface area contributed by atoms with Crippen molar-refractivity contribution < 1.29 is 4.79 Å². The van der Waals surface area contributed by atoms with Crippen molar-refractivity contribution in [3.05, 3.63) is 0 Å². The lowest BCUT2D eigenvalue weighted by molar-refractivity contribution is 0.247. The molecule has 2 aliphatic rings. The number of carbonyl (C=O) groups excluding carboxylic acids is 1. The highest BCUT2D eigenvalue weighted by molar-refractivity contribution is 8.00. The summed E-state index contributed by atoms with van der Waals surface area (Å²) >= 11 is 1.91. The Morgan fingerprint density at radius 1 is 1.60 bits per heavy atom. The zero-order chi connectivity index (χ0) is 7.14. The minimum absolute atomic E-state index is 0.00199. The molecule has 0 saturated carbocycles. The van der Waals surface area contributed by atoms with E-state index in [2.05, 4.69) is 17.6 Å². The number of rotatable bonds is 0. The van der Waals surface area contributed by atoms with Crippen molar-refractivity contribution in [2.45, 2.75) is 24.3 Å². The first kappa shape index (κ1) is 6.34. The number of fused-ring (bicyclic) bond motifs is 1. The number of urea groups is 1. The lowest BCUT2D eigenvalue weighted by Gasteiger charge is -2.09. The Kier molecular flexibility index (Phi) is 1.30.